The normalized spacial score (nSPS) is 14.5. The zero-order chi connectivity index (χ0) is 15.4. The fourth-order valence-electron chi connectivity index (χ4n) is 3.11. The molecule has 0 bridgehead atoms. The van der Waals surface area contributed by atoms with Crippen molar-refractivity contribution in [1.29, 1.82) is 0 Å². The van der Waals surface area contributed by atoms with E-state index in [1.807, 2.05) is 37.3 Å². The van der Waals surface area contributed by atoms with Gasteiger partial charge in [-0.2, -0.15) is 0 Å². The molecule has 5 nitrogen and oxygen atoms in total. The molecule has 114 valence electrons. The molecule has 0 saturated heterocycles. The van der Waals surface area contributed by atoms with E-state index < -0.39 is 0 Å². The van der Waals surface area contributed by atoms with Gasteiger partial charge in [-0.05, 0) is 48.4 Å². The zero-order valence-electron chi connectivity index (χ0n) is 12.5. The maximum atomic E-state index is 5.69. The summed E-state index contributed by atoms with van der Waals surface area (Å²) in [6.07, 6.45) is 0. The predicted octanol–water partition coefficient (Wildman–Crippen LogP) is 3.67. The van der Waals surface area contributed by atoms with E-state index in [9.17, 15) is 0 Å². The minimum atomic E-state index is 0.239. The number of hydrogen-bond donors (Lipinski definition) is 0. The standard InChI is InChI=1S/C18H13NO4/c1-10-6-12(11-2-4-14-16(7-11)22-8-20-14)17-13(19-10)3-5-15-18(17)23-9-21-15/h2-7H,8-9H2,1H3. The SMILES string of the molecule is Cc1cc(-c2ccc3c(c2)OCO3)c2c3c(ccc2n1)OCO3. The van der Waals surface area contributed by atoms with Crippen LogP contribution in [0, 0.1) is 6.92 Å². The highest BCUT2D eigenvalue weighted by Gasteiger charge is 2.22. The van der Waals surface area contributed by atoms with Crippen LogP contribution in [0.15, 0.2) is 36.4 Å². The van der Waals surface area contributed by atoms with Crippen LogP contribution in [0.2, 0.25) is 0 Å². The van der Waals surface area contributed by atoms with Crippen molar-refractivity contribution in [2.24, 2.45) is 0 Å². The van der Waals surface area contributed by atoms with Gasteiger partial charge in [-0.1, -0.05) is 6.07 Å². The van der Waals surface area contributed by atoms with Crippen LogP contribution in [0.25, 0.3) is 22.0 Å². The molecule has 0 atom stereocenters. The maximum Gasteiger partial charge on any atom is 0.231 e. The summed E-state index contributed by atoms with van der Waals surface area (Å²) in [5.74, 6) is 3.04. The van der Waals surface area contributed by atoms with E-state index in [0.29, 0.717) is 0 Å². The maximum absolute atomic E-state index is 5.69. The van der Waals surface area contributed by atoms with E-state index >= 15 is 0 Å². The van der Waals surface area contributed by atoms with E-state index in [4.69, 9.17) is 18.9 Å². The number of aromatic nitrogens is 1. The van der Waals surface area contributed by atoms with E-state index in [1.54, 1.807) is 0 Å². The quantitative estimate of drug-likeness (QED) is 0.686. The van der Waals surface area contributed by atoms with Gasteiger partial charge in [0.1, 0.15) is 0 Å². The monoisotopic (exact) mass is 307 g/mol. The van der Waals surface area contributed by atoms with Gasteiger partial charge in [0, 0.05) is 5.69 Å². The van der Waals surface area contributed by atoms with Crippen LogP contribution in [-0.4, -0.2) is 18.6 Å². The molecule has 0 aliphatic carbocycles. The molecule has 0 saturated carbocycles. The van der Waals surface area contributed by atoms with Gasteiger partial charge in [0.2, 0.25) is 13.6 Å². The molecule has 5 heteroatoms. The van der Waals surface area contributed by atoms with Gasteiger partial charge >= 0.3 is 0 Å². The second kappa shape index (κ2) is 4.52. The average molecular weight is 307 g/mol. The summed E-state index contributed by atoms with van der Waals surface area (Å²) < 4.78 is 22.1. The van der Waals surface area contributed by atoms with Crippen molar-refractivity contribution in [3.8, 4) is 34.1 Å². The molecule has 3 heterocycles. The number of aryl methyl sites for hydroxylation is 1. The van der Waals surface area contributed by atoms with E-state index in [0.717, 1.165) is 50.7 Å². The lowest BCUT2D eigenvalue weighted by Crippen LogP contribution is -1.94. The summed E-state index contributed by atoms with van der Waals surface area (Å²) in [6.45, 7) is 2.49. The first-order valence-electron chi connectivity index (χ1n) is 7.39. The van der Waals surface area contributed by atoms with Crippen LogP contribution in [0.3, 0.4) is 0 Å². The van der Waals surface area contributed by atoms with Crippen molar-refractivity contribution in [3.63, 3.8) is 0 Å². The summed E-state index contributed by atoms with van der Waals surface area (Å²) in [7, 11) is 0. The Bertz CT molecular complexity index is 951. The molecule has 23 heavy (non-hydrogen) atoms. The Hall–Kier alpha value is -2.95. The first kappa shape index (κ1) is 12.6. The van der Waals surface area contributed by atoms with Gasteiger partial charge in [0.25, 0.3) is 0 Å². The van der Waals surface area contributed by atoms with Gasteiger partial charge in [-0.15, -0.1) is 0 Å². The van der Waals surface area contributed by atoms with Crippen molar-refractivity contribution in [1.82, 2.24) is 4.98 Å². The van der Waals surface area contributed by atoms with Crippen LogP contribution >= 0.6 is 0 Å². The number of fused-ring (bicyclic) bond motifs is 4. The molecule has 0 amide bonds. The third-order valence-electron chi connectivity index (χ3n) is 4.12. The molecule has 0 spiro atoms. The van der Waals surface area contributed by atoms with Gasteiger partial charge in [-0.3, -0.25) is 4.98 Å². The first-order valence-corrected chi connectivity index (χ1v) is 7.39. The summed E-state index contributed by atoms with van der Waals surface area (Å²) in [5.41, 5.74) is 3.92. The summed E-state index contributed by atoms with van der Waals surface area (Å²) in [6, 6.07) is 11.9. The molecular weight excluding hydrogens is 294 g/mol. The second-order valence-electron chi connectivity index (χ2n) is 5.57. The summed E-state index contributed by atoms with van der Waals surface area (Å²) in [5, 5.41) is 0.962. The van der Waals surface area contributed by atoms with Crippen LogP contribution < -0.4 is 18.9 Å². The Kier molecular flexibility index (Phi) is 2.47. The third-order valence-corrected chi connectivity index (χ3v) is 4.12. The van der Waals surface area contributed by atoms with Crippen LogP contribution in [-0.2, 0) is 0 Å². The van der Waals surface area contributed by atoms with Crippen molar-refractivity contribution in [2.45, 2.75) is 6.92 Å². The average Bonchev–Trinajstić information content (AvgIpc) is 3.21. The lowest BCUT2D eigenvalue weighted by Gasteiger charge is -2.11. The lowest BCUT2D eigenvalue weighted by molar-refractivity contribution is 0.174. The molecule has 5 rings (SSSR count). The fourth-order valence-corrected chi connectivity index (χ4v) is 3.11. The molecule has 0 N–H and O–H groups in total. The predicted molar refractivity (Wildman–Crippen MR) is 84.2 cm³/mol. The first-order chi connectivity index (χ1) is 11.3. The van der Waals surface area contributed by atoms with Crippen molar-refractivity contribution in [3.05, 3.63) is 42.1 Å². The lowest BCUT2D eigenvalue weighted by atomic mass is 9.99. The van der Waals surface area contributed by atoms with Gasteiger partial charge in [-0.25, -0.2) is 0 Å². The van der Waals surface area contributed by atoms with Crippen LogP contribution in [0.4, 0.5) is 0 Å². The van der Waals surface area contributed by atoms with E-state index in [-0.39, 0.29) is 13.6 Å². The summed E-state index contributed by atoms with van der Waals surface area (Å²) >= 11 is 0. The minimum Gasteiger partial charge on any atom is -0.454 e. The molecule has 2 aliphatic heterocycles. The Morgan fingerprint density at radius 1 is 0.826 bits per heavy atom. The highest BCUT2D eigenvalue weighted by molar-refractivity contribution is 6.01. The van der Waals surface area contributed by atoms with Gasteiger partial charge in [0.15, 0.2) is 23.0 Å². The van der Waals surface area contributed by atoms with E-state index in [2.05, 4.69) is 11.1 Å². The van der Waals surface area contributed by atoms with Crippen LogP contribution in [0.1, 0.15) is 5.69 Å². The number of nitrogens with zero attached hydrogens (tertiary/aromatic N) is 1. The molecule has 0 unspecified atom stereocenters. The summed E-state index contributed by atoms with van der Waals surface area (Å²) in [4.78, 5) is 4.62. The fraction of sp³-hybridized carbons (Fsp3) is 0.167. The Morgan fingerprint density at radius 2 is 1.61 bits per heavy atom. The number of hydrogen-bond acceptors (Lipinski definition) is 5. The third kappa shape index (κ3) is 1.83. The van der Waals surface area contributed by atoms with Crippen molar-refractivity contribution >= 4 is 10.9 Å². The Balaban J connectivity index is 1.82. The molecule has 0 radical (unpaired) electrons. The minimum absolute atomic E-state index is 0.239. The second-order valence-corrected chi connectivity index (χ2v) is 5.57. The number of pyridine rings is 1. The van der Waals surface area contributed by atoms with Crippen molar-refractivity contribution < 1.29 is 18.9 Å². The van der Waals surface area contributed by atoms with Gasteiger partial charge < -0.3 is 18.9 Å². The topological polar surface area (TPSA) is 49.8 Å². The zero-order valence-corrected chi connectivity index (χ0v) is 12.5. The van der Waals surface area contributed by atoms with E-state index in [1.165, 1.54) is 0 Å². The molecule has 0 fully saturated rings. The largest absolute Gasteiger partial charge is 0.454 e. The van der Waals surface area contributed by atoms with Gasteiger partial charge in [0.05, 0.1) is 10.9 Å². The molecule has 2 aliphatic rings. The van der Waals surface area contributed by atoms with Crippen molar-refractivity contribution in [2.75, 3.05) is 13.6 Å². The number of rotatable bonds is 1. The number of benzene rings is 2. The highest BCUT2D eigenvalue weighted by Crippen LogP contribution is 2.45. The molecular formula is C18H13NO4. The smallest absolute Gasteiger partial charge is 0.231 e. The van der Waals surface area contributed by atoms with Crippen LogP contribution in [0.5, 0.6) is 23.0 Å². The number of ether oxygens (including phenoxy) is 4. The molecule has 3 aromatic rings. The molecule has 2 aromatic carbocycles. The highest BCUT2D eigenvalue weighted by atomic mass is 16.7. The Morgan fingerprint density at radius 3 is 2.57 bits per heavy atom. The Labute approximate surface area is 132 Å². The molecule has 1 aromatic heterocycles.